The van der Waals surface area contributed by atoms with E-state index >= 15 is 0 Å². The van der Waals surface area contributed by atoms with Gasteiger partial charge in [0.15, 0.2) is 0 Å². The Labute approximate surface area is 47.8 Å². The van der Waals surface area contributed by atoms with Crippen molar-refractivity contribution in [3.8, 4) is 6.07 Å². The van der Waals surface area contributed by atoms with E-state index in [1.165, 1.54) is 0 Å². The van der Waals surface area contributed by atoms with E-state index in [2.05, 4.69) is 0 Å². The lowest BCUT2D eigenvalue weighted by atomic mass is 10.4. The monoisotopic (exact) mass is 116 g/mol. The van der Waals surface area contributed by atoms with E-state index in [0.29, 0.717) is 0 Å². The first-order valence-corrected chi connectivity index (χ1v) is 3.04. The van der Waals surface area contributed by atoms with Gasteiger partial charge in [-0.3, -0.25) is 5.14 Å². The number of hydrogen-bond acceptors (Lipinski definition) is 3. The maximum absolute atomic E-state index is 8.18. The molecule has 2 nitrogen and oxygen atoms in total. The van der Waals surface area contributed by atoms with Crippen molar-refractivity contribution in [2.75, 3.05) is 0 Å². The topological polar surface area (TPSA) is 49.8 Å². The Kier molecular flexibility index (Phi) is 3.86. The molecule has 0 bridgehead atoms. The summed E-state index contributed by atoms with van der Waals surface area (Å²) in [6.45, 7) is 1.94. The van der Waals surface area contributed by atoms with Gasteiger partial charge in [0.05, 0.1) is 6.07 Å². The van der Waals surface area contributed by atoms with Crippen LogP contribution in [0.4, 0.5) is 0 Å². The van der Waals surface area contributed by atoms with Gasteiger partial charge in [-0.05, 0) is 6.42 Å². The Balaban J connectivity index is 3.23. The van der Waals surface area contributed by atoms with Gasteiger partial charge in [-0.2, -0.15) is 5.26 Å². The lowest BCUT2D eigenvalue weighted by Crippen LogP contribution is -1.98. The highest BCUT2D eigenvalue weighted by atomic mass is 32.2. The third-order valence-electron chi connectivity index (χ3n) is 0.679. The zero-order valence-electron chi connectivity index (χ0n) is 4.22. The van der Waals surface area contributed by atoms with Crippen LogP contribution >= 0.6 is 11.9 Å². The van der Waals surface area contributed by atoms with Crippen molar-refractivity contribution in [3.05, 3.63) is 0 Å². The minimum absolute atomic E-state index is 0.0139. The zero-order chi connectivity index (χ0) is 5.70. The molecule has 1 unspecified atom stereocenters. The summed E-state index contributed by atoms with van der Waals surface area (Å²) in [7, 11) is 0. The van der Waals surface area contributed by atoms with Crippen molar-refractivity contribution in [3.63, 3.8) is 0 Å². The van der Waals surface area contributed by atoms with Crippen molar-refractivity contribution in [1.82, 2.24) is 0 Å². The van der Waals surface area contributed by atoms with Crippen LogP contribution in [0.3, 0.4) is 0 Å². The molecule has 0 aromatic heterocycles. The van der Waals surface area contributed by atoms with Crippen LogP contribution in [0.1, 0.15) is 13.3 Å². The SMILES string of the molecule is CCC(C#N)SN. The molecule has 0 aromatic carbocycles. The van der Waals surface area contributed by atoms with Gasteiger partial charge in [0.1, 0.15) is 5.25 Å². The smallest absolute Gasteiger partial charge is 0.106 e. The predicted molar refractivity (Wildman–Crippen MR) is 31.5 cm³/mol. The fraction of sp³-hybridized carbons (Fsp3) is 0.750. The lowest BCUT2D eigenvalue weighted by Gasteiger charge is -1.94. The minimum atomic E-state index is -0.0139. The fourth-order valence-corrected chi connectivity index (χ4v) is 0.471. The molecular weight excluding hydrogens is 108 g/mol. The zero-order valence-corrected chi connectivity index (χ0v) is 5.03. The number of rotatable bonds is 2. The van der Waals surface area contributed by atoms with E-state index in [1.54, 1.807) is 0 Å². The number of nitriles is 1. The summed E-state index contributed by atoms with van der Waals surface area (Å²) >= 11 is 1.11. The average Bonchev–Trinajstić information content (AvgIpc) is 1.72. The van der Waals surface area contributed by atoms with Crippen molar-refractivity contribution >= 4 is 11.9 Å². The van der Waals surface area contributed by atoms with Crippen LogP contribution in [-0.4, -0.2) is 5.25 Å². The summed E-state index contributed by atoms with van der Waals surface area (Å²) < 4.78 is 0. The standard InChI is InChI=1S/C4H8N2S/c1-2-4(3-5)7-6/h4H,2,6H2,1H3. The van der Waals surface area contributed by atoms with E-state index in [9.17, 15) is 0 Å². The van der Waals surface area contributed by atoms with Gasteiger partial charge in [0, 0.05) is 0 Å². The molecule has 0 aliphatic heterocycles. The Morgan fingerprint density at radius 3 is 2.57 bits per heavy atom. The molecule has 1 atom stereocenters. The van der Waals surface area contributed by atoms with Crippen molar-refractivity contribution in [1.29, 1.82) is 5.26 Å². The van der Waals surface area contributed by atoms with Gasteiger partial charge in [0.25, 0.3) is 0 Å². The predicted octanol–water partition coefficient (Wildman–Crippen LogP) is 0.895. The van der Waals surface area contributed by atoms with Crippen molar-refractivity contribution in [2.45, 2.75) is 18.6 Å². The summed E-state index contributed by atoms with van der Waals surface area (Å²) in [6, 6.07) is 2.04. The molecule has 0 radical (unpaired) electrons. The quantitative estimate of drug-likeness (QED) is 0.545. The van der Waals surface area contributed by atoms with Crippen molar-refractivity contribution in [2.24, 2.45) is 5.14 Å². The summed E-state index contributed by atoms with van der Waals surface area (Å²) in [4.78, 5) is 0. The van der Waals surface area contributed by atoms with Crippen LogP contribution in [0, 0.1) is 11.3 Å². The highest BCUT2D eigenvalue weighted by Gasteiger charge is 1.97. The summed E-state index contributed by atoms with van der Waals surface area (Å²) in [5, 5.41) is 13.2. The van der Waals surface area contributed by atoms with Crippen LogP contribution in [0.2, 0.25) is 0 Å². The molecule has 0 saturated carbocycles. The average molecular weight is 116 g/mol. The number of nitrogens with two attached hydrogens (primary N) is 1. The first-order valence-electron chi connectivity index (χ1n) is 2.10. The second-order valence-electron chi connectivity index (χ2n) is 1.16. The van der Waals surface area contributed by atoms with E-state index in [-0.39, 0.29) is 5.25 Å². The highest BCUT2D eigenvalue weighted by Crippen LogP contribution is 2.03. The van der Waals surface area contributed by atoms with Crippen LogP contribution < -0.4 is 5.14 Å². The maximum atomic E-state index is 8.18. The van der Waals surface area contributed by atoms with Gasteiger partial charge in [-0.25, -0.2) is 0 Å². The number of nitrogens with zero attached hydrogens (tertiary/aromatic N) is 1. The molecule has 40 valence electrons. The maximum Gasteiger partial charge on any atom is 0.106 e. The Morgan fingerprint density at radius 2 is 2.57 bits per heavy atom. The van der Waals surface area contributed by atoms with Gasteiger partial charge >= 0.3 is 0 Å². The molecule has 0 spiro atoms. The van der Waals surface area contributed by atoms with E-state index in [4.69, 9.17) is 10.4 Å². The normalized spacial score (nSPS) is 12.7. The molecule has 7 heavy (non-hydrogen) atoms. The minimum Gasteiger partial charge on any atom is -0.277 e. The third kappa shape index (κ3) is 2.49. The molecule has 0 aliphatic carbocycles. The first-order chi connectivity index (χ1) is 3.35. The Morgan fingerprint density at radius 1 is 2.00 bits per heavy atom. The molecular formula is C4H8N2S. The second-order valence-corrected chi connectivity index (χ2v) is 2.00. The summed E-state index contributed by atoms with van der Waals surface area (Å²) in [5.74, 6) is 0. The van der Waals surface area contributed by atoms with Gasteiger partial charge in [0.2, 0.25) is 0 Å². The van der Waals surface area contributed by atoms with E-state index < -0.39 is 0 Å². The van der Waals surface area contributed by atoms with Crippen LogP contribution in [0.15, 0.2) is 0 Å². The third-order valence-corrected chi connectivity index (χ3v) is 1.45. The highest BCUT2D eigenvalue weighted by molar-refractivity contribution is 7.97. The molecule has 0 fully saturated rings. The van der Waals surface area contributed by atoms with Crippen LogP contribution in [0.25, 0.3) is 0 Å². The van der Waals surface area contributed by atoms with Gasteiger partial charge in [-0.15, -0.1) is 0 Å². The lowest BCUT2D eigenvalue weighted by molar-refractivity contribution is 0.987. The van der Waals surface area contributed by atoms with E-state index in [1.807, 2.05) is 13.0 Å². The summed E-state index contributed by atoms with van der Waals surface area (Å²) in [6.07, 6.45) is 0.831. The molecule has 0 aliphatic rings. The molecule has 0 saturated heterocycles. The van der Waals surface area contributed by atoms with Crippen molar-refractivity contribution < 1.29 is 0 Å². The largest absolute Gasteiger partial charge is 0.277 e. The van der Waals surface area contributed by atoms with E-state index in [0.717, 1.165) is 18.4 Å². The number of hydrogen-bond donors (Lipinski definition) is 1. The fourth-order valence-electron chi connectivity index (χ4n) is 0.218. The second kappa shape index (κ2) is 3.97. The molecule has 0 aromatic rings. The van der Waals surface area contributed by atoms with Crippen LogP contribution in [-0.2, 0) is 0 Å². The molecule has 0 rings (SSSR count). The van der Waals surface area contributed by atoms with Gasteiger partial charge in [-0.1, -0.05) is 18.9 Å². The molecule has 3 heteroatoms. The molecule has 2 N–H and O–H groups in total. The Hall–Kier alpha value is -0.200. The first kappa shape index (κ1) is 6.80. The Bertz CT molecular complexity index is 72.2. The van der Waals surface area contributed by atoms with Crippen LogP contribution in [0.5, 0.6) is 0 Å². The van der Waals surface area contributed by atoms with Gasteiger partial charge < -0.3 is 0 Å². The summed E-state index contributed by atoms with van der Waals surface area (Å²) in [5.41, 5.74) is 0. The molecule has 0 heterocycles. The molecule has 0 amide bonds.